The largest absolute Gasteiger partial charge is 0.347 e. The summed E-state index contributed by atoms with van der Waals surface area (Å²) in [5.41, 5.74) is 2.41. The van der Waals surface area contributed by atoms with Crippen molar-refractivity contribution in [2.24, 2.45) is 23.7 Å². The van der Waals surface area contributed by atoms with Gasteiger partial charge in [-0.05, 0) is 55.4 Å². The van der Waals surface area contributed by atoms with Gasteiger partial charge in [0.05, 0.1) is 0 Å². The summed E-state index contributed by atoms with van der Waals surface area (Å²) in [6, 6.07) is 0. The Labute approximate surface area is 142 Å². The first-order valence-electron chi connectivity index (χ1n) is 9.37. The zero-order valence-corrected chi connectivity index (χ0v) is 14.0. The molecule has 5 rings (SSSR count). The van der Waals surface area contributed by atoms with Crippen LogP contribution >= 0.6 is 0 Å². The van der Waals surface area contributed by atoms with Crippen LogP contribution in [0.25, 0.3) is 0 Å². The number of allylic oxidation sites excluding steroid dienone is 3. The van der Waals surface area contributed by atoms with Crippen molar-refractivity contribution >= 4 is 11.6 Å². The third-order valence-electron chi connectivity index (χ3n) is 7.19. The molecule has 0 aromatic heterocycles. The molecule has 0 N–H and O–H groups in total. The summed E-state index contributed by atoms with van der Waals surface area (Å²) < 4.78 is 11.1. The average Bonchev–Trinajstić information content (AvgIpc) is 2.97. The Bertz CT molecular complexity index is 661. The van der Waals surface area contributed by atoms with Crippen molar-refractivity contribution in [3.8, 4) is 0 Å². The molecule has 0 radical (unpaired) electrons. The lowest BCUT2D eigenvalue weighted by Crippen LogP contribution is -2.52. The molecule has 0 amide bonds. The minimum absolute atomic E-state index is 0.124. The zero-order valence-electron chi connectivity index (χ0n) is 14.0. The van der Waals surface area contributed by atoms with Gasteiger partial charge in [-0.15, -0.1) is 0 Å². The van der Waals surface area contributed by atoms with Gasteiger partial charge < -0.3 is 9.47 Å². The maximum atomic E-state index is 12.6. The molecule has 24 heavy (non-hydrogen) atoms. The number of hydrogen-bond acceptors (Lipinski definition) is 4. The van der Waals surface area contributed by atoms with Gasteiger partial charge in [-0.3, -0.25) is 9.59 Å². The number of ketones is 2. The Kier molecular flexibility index (Phi) is 3.36. The van der Waals surface area contributed by atoms with E-state index in [0.717, 1.165) is 38.5 Å². The monoisotopic (exact) mass is 328 g/mol. The molecule has 4 heteroatoms. The molecular formula is C20H24O4. The van der Waals surface area contributed by atoms with Crippen LogP contribution < -0.4 is 0 Å². The van der Waals surface area contributed by atoms with Gasteiger partial charge in [0.25, 0.3) is 0 Å². The normalized spacial score (nSPS) is 44.5. The first-order valence-corrected chi connectivity index (χ1v) is 9.37. The molecule has 5 aliphatic rings. The van der Waals surface area contributed by atoms with E-state index in [0.29, 0.717) is 30.0 Å². The molecule has 4 nitrogen and oxygen atoms in total. The molecular weight excluding hydrogens is 304 g/mol. The van der Waals surface area contributed by atoms with E-state index >= 15 is 0 Å². The summed E-state index contributed by atoms with van der Waals surface area (Å²) >= 11 is 0. The summed E-state index contributed by atoms with van der Waals surface area (Å²) in [7, 11) is 0. The molecule has 5 atom stereocenters. The Hall–Kier alpha value is -1.26. The van der Waals surface area contributed by atoms with Crippen LogP contribution in [-0.2, 0) is 19.1 Å². The summed E-state index contributed by atoms with van der Waals surface area (Å²) in [5, 5.41) is 0. The van der Waals surface area contributed by atoms with Crippen LogP contribution in [0.15, 0.2) is 23.3 Å². The maximum Gasteiger partial charge on any atom is 0.190 e. The van der Waals surface area contributed by atoms with Crippen molar-refractivity contribution in [1.29, 1.82) is 0 Å². The second kappa shape index (κ2) is 5.37. The Morgan fingerprint density at radius 2 is 2.04 bits per heavy atom. The van der Waals surface area contributed by atoms with E-state index in [1.54, 1.807) is 5.57 Å². The molecule has 1 saturated heterocycles. The van der Waals surface area contributed by atoms with E-state index in [-0.39, 0.29) is 25.1 Å². The first kappa shape index (κ1) is 15.0. The minimum Gasteiger partial charge on any atom is -0.347 e. The third kappa shape index (κ3) is 1.99. The molecule has 0 bridgehead atoms. The molecule has 2 saturated carbocycles. The van der Waals surface area contributed by atoms with Crippen molar-refractivity contribution in [3.05, 3.63) is 23.3 Å². The van der Waals surface area contributed by atoms with E-state index in [1.807, 2.05) is 0 Å². The van der Waals surface area contributed by atoms with Crippen LogP contribution in [0.2, 0.25) is 0 Å². The van der Waals surface area contributed by atoms with Crippen molar-refractivity contribution < 1.29 is 19.1 Å². The van der Waals surface area contributed by atoms with Crippen molar-refractivity contribution in [2.45, 2.75) is 50.5 Å². The molecule has 4 aliphatic carbocycles. The molecule has 0 aromatic carbocycles. The van der Waals surface area contributed by atoms with Gasteiger partial charge in [-0.25, -0.2) is 0 Å². The van der Waals surface area contributed by atoms with Gasteiger partial charge in [-0.1, -0.05) is 17.7 Å². The molecule has 1 heterocycles. The Morgan fingerprint density at radius 1 is 1.12 bits per heavy atom. The fraction of sp³-hybridized carbons (Fsp3) is 0.700. The van der Waals surface area contributed by atoms with E-state index in [4.69, 9.17) is 9.47 Å². The number of rotatable bonds is 0. The number of carbonyl (C=O) groups excluding carboxylic acids is 2. The second-order valence-corrected chi connectivity index (χ2v) is 8.11. The summed E-state index contributed by atoms with van der Waals surface area (Å²) in [6.45, 7) is 0.436. The highest BCUT2D eigenvalue weighted by molar-refractivity contribution is 5.90. The van der Waals surface area contributed by atoms with Crippen LogP contribution in [0.1, 0.15) is 44.9 Å². The highest BCUT2D eigenvalue weighted by atomic mass is 16.7. The number of hydrogen-bond donors (Lipinski definition) is 0. The topological polar surface area (TPSA) is 52.6 Å². The van der Waals surface area contributed by atoms with Crippen LogP contribution in [0.3, 0.4) is 0 Å². The quantitative estimate of drug-likeness (QED) is 0.686. The van der Waals surface area contributed by atoms with E-state index in [1.165, 1.54) is 5.57 Å². The summed E-state index contributed by atoms with van der Waals surface area (Å²) in [6.07, 6.45) is 11.1. The molecule has 1 spiro atoms. The number of fused-ring (bicyclic) bond motifs is 5. The predicted molar refractivity (Wildman–Crippen MR) is 87.1 cm³/mol. The molecule has 0 aromatic rings. The van der Waals surface area contributed by atoms with E-state index in [9.17, 15) is 9.59 Å². The first-order chi connectivity index (χ1) is 11.7. The van der Waals surface area contributed by atoms with Gasteiger partial charge in [0.2, 0.25) is 0 Å². The van der Waals surface area contributed by atoms with Crippen LogP contribution in [-0.4, -0.2) is 30.6 Å². The Morgan fingerprint density at radius 3 is 2.92 bits per heavy atom. The maximum absolute atomic E-state index is 12.6. The fourth-order valence-electron chi connectivity index (χ4n) is 6.09. The lowest BCUT2D eigenvalue weighted by atomic mass is 9.62. The van der Waals surface area contributed by atoms with E-state index < -0.39 is 5.60 Å². The molecule has 128 valence electrons. The summed E-state index contributed by atoms with van der Waals surface area (Å²) in [4.78, 5) is 24.4. The number of ether oxygens (including phenoxy) is 2. The minimum atomic E-state index is -0.630. The van der Waals surface area contributed by atoms with Gasteiger partial charge in [0.15, 0.2) is 5.78 Å². The number of Topliss-reactive ketones (excluding diaryl/α,β-unsaturated/α-hetero) is 2. The SMILES string of the molecule is O=C1CCC2=C3C=CC4C(CCC45OCOCC5=O)C3CCC2C1. The second-order valence-electron chi connectivity index (χ2n) is 8.11. The smallest absolute Gasteiger partial charge is 0.190 e. The van der Waals surface area contributed by atoms with Gasteiger partial charge >= 0.3 is 0 Å². The van der Waals surface area contributed by atoms with Crippen LogP contribution in [0.4, 0.5) is 0 Å². The van der Waals surface area contributed by atoms with Crippen LogP contribution in [0, 0.1) is 23.7 Å². The van der Waals surface area contributed by atoms with E-state index in [2.05, 4.69) is 12.2 Å². The van der Waals surface area contributed by atoms with Gasteiger partial charge in [0, 0.05) is 18.8 Å². The highest BCUT2D eigenvalue weighted by Gasteiger charge is 2.58. The standard InChI is InChI=1S/C20H24O4/c21-13-2-4-14-12(9-13)1-3-16-15(14)5-6-18-17(16)7-8-20(18)19(22)10-23-11-24-20/h5-6,12,16-18H,1-4,7-11H2. The Balaban J connectivity index is 1.52. The molecule has 1 aliphatic heterocycles. The van der Waals surface area contributed by atoms with Crippen LogP contribution in [0.5, 0.6) is 0 Å². The summed E-state index contributed by atoms with van der Waals surface area (Å²) in [5.74, 6) is 2.30. The molecule has 5 unspecified atom stereocenters. The fourth-order valence-corrected chi connectivity index (χ4v) is 6.09. The lowest BCUT2D eigenvalue weighted by Gasteiger charge is -2.44. The lowest BCUT2D eigenvalue weighted by molar-refractivity contribution is -0.203. The van der Waals surface area contributed by atoms with Crippen molar-refractivity contribution in [1.82, 2.24) is 0 Å². The zero-order chi connectivity index (χ0) is 16.3. The molecule has 3 fully saturated rings. The van der Waals surface area contributed by atoms with Crippen molar-refractivity contribution in [3.63, 3.8) is 0 Å². The highest BCUT2D eigenvalue weighted by Crippen LogP contribution is 2.56. The van der Waals surface area contributed by atoms with Gasteiger partial charge in [-0.2, -0.15) is 0 Å². The van der Waals surface area contributed by atoms with Crippen molar-refractivity contribution in [2.75, 3.05) is 13.4 Å². The number of carbonyl (C=O) groups is 2. The average molecular weight is 328 g/mol. The third-order valence-corrected chi connectivity index (χ3v) is 7.19. The van der Waals surface area contributed by atoms with Gasteiger partial charge in [0.1, 0.15) is 24.8 Å². The predicted octanol–water partition coefficient (Wildman–Crippen LogP) is 2.97.